The second-order valence-corrected chi connectivity index (χ2v) is 4.46. The van der Waals surface area contributed by atoms with Gasteiger partial charge in [-0.2, -0.15) is 0 Å². The molecule has 1 amide bonds. The minimum Gasteiger partial charge on any atom is -0.496 e. The maximum atomic E-state index is 12.2. The molecule has 0 aromatic heterocycles. The molecule has 2 aromatic rings. The summed E-state index contributed by atoms with van der Waals surface area (Å²) in [6.45, 7) is 1.68. The molecule has 0 saturated heterocycles. The monoisotopic (exact) mass is 271 g/mol. The summed E-state index contributed by atoms with van der Waals surface area (Å²) in [5.41, 5.74) is 1.86. The Morgan fingerprint density at radius 1 is 1.20 bits per heavy atom. The number of aliphatic hydroxyl groups excluding tert-OH is 1. The molecular weight excluding hydrogens is 254 g/mol. The van der Waals surface area contributed by atoms with Gasteiger partial charge in [-0.1, -0.05) is 24.3 Å². The number of aliphatic hydroxyl groups is 1. The zero-order chi connectivity index (χ0) is 14.5. The van der Waals surface area contributed by atoms with Crippen LogP contribution in [0.2, 0.25) is 0 Å². The van der Waals surface area contributed by atoms with Gasteiger partial charge >= 0.3 is 0 Å². The van der Waals surface area contributed by atoms with Gasteiger partial charge in [0.1, 0.15) is 5.75 Å². The fraction of sp³-hybridized carbons (Fsp3) is 0.188. The van der Waals surface area contributed by atoms with Crippen molar-refractivity contribution in [1.82, 2.24) is 0 Å². The van der Waals surface area contributed by atoms with Crippen molar-refractivity contribution in [1.29, 1.82) is 0 Å². The second kappa shape index (κ2) is 6.21. The molecule has 0 bridgehead atoms. The molecule has 20 heavy (non-hydrogen) atoms. The van der Waals surface area contributed by atoms with Crippen LogP contribution in [0.5, 0.6) is 5.75 Å². The number of hydrogen-bond acceptors (Lipinski definition) is 3. The van der Waals surface area contributed by atoms with E-state index in [1.54, 1.807) is 43.3 Å². The molecule has 4 heteroatoms. The van der Waals surface area contributed by atoms with Crippen molar-refractivity contribution < 1.29 is 14.6 Å². The van der Waals surface area contributed by atoms with E-state index in [1.807, 2.05) is 12.1 Å². The van der Waals surface area contributed by atoms with Crippen molar-refractivity contribution in [3.05, 3.63) is 59.7 Å². The number of benzene rings is 2. The van der Waals surface area contributed by atoms with E-state index in [9.17, 15) is 9.90 Å². The first kappa shape index (κ1) is 14.1. The lowest BCUT2D eigenvalue weighted by atomic mass is 10.1. The molecule has 2 aromatic carbocycles. The third-order valence-electron chi connectivity index (χ3n) is 2.98. The number of hydrogen-bond donors (Lipinski definition) is 2. The average Bonchev–Trinajstić information content (AvgIpc) is 2.47. The Bertz CT molecular complexity index is 608. The molecule has 4 nitrogen and oxygen atoms in total. The number of ether oxygens (including phenoxy) is 1. The number of carbonyl (C=O) groups is 1. The van der Waals surface area contributed by atoms with E-state index < -0.39 is 6.10 Å². The van der Waals surface area contributed by atoms with Crippen molar-refractivity contribution in [2.24, 2.45) is 0 Å². The van der Waals surface area contributed by atoms with Crippen LogP contribution in [0.25, 0.3) is 0 Å². The van der Waals surface area contributed by atoms with Crippen LogP contribution >= 0.6 is 0 Å². The highest BCUT2D eigenvalue weighted by molar-refractivity contribution is 6.06. The molecule has 0 aliphatic carbocycles. The zero-order valence-corrected chi connectivity index (χ0v) is 11.5. The van der Waals surface area contributed by atoms with Gasteiger partial charge in [0.05, 0.1) is 18.8 Å². The number of amides is 1. The Labute approximate surface area is 118 Å². The zero-order valence-electron chi connectivity index (χ0n) is 11.5. The van der Waals surface area contributed by atoms with Crippen LogP contribution in [-0.4, -0.2) is 18.1 Å². The van der Waals surface area contributed by atoms with Gasteiger partial charge in [0, 0.05) is 5.69 Å². The summed E-state index contributed by atoms with van der Waals surface area (Å²) >= 11 is 0. The van der Waals surface area contributed by atoms with E-state index in [1.165, 1.54) is 7.11 Å². The van der Waals surface area contributed by atoms with Gasteiger partial charge in [0.25, 0.3) is 5.91 Å². The minimum atomic E-state index is -0.571. The highest BCUT2D eigenvalue weighted by Gasteiger charge is 2.12. The first-order valence-electron chi connectivity index (χ1n) is 6.34. The molecule has 0 radical (unpaired) electrons. The van der Waals surface area contributed by atoms with E-state index in [2.05, 4.69) is 5.32 Å². The van der Waals surface area contributed by atoms with E-state index in [0.29, 0.717) is 17.0 Å². The molecule has 0 heterocycles. The van der Waals surface area contributed by atoms with Crippen LogP contribution in [0.3, 0.4) is 0 Å². The van der Waals surface area contributed by atoms with Crippen molar-refractivity contribution in [2.75, 3.05) is 12.4 Å². The molecule has 0 aliphatic heterocycles. The smallest absolute Gasteiger partial charge is 0.259 e. The third-order valence-corrected chi connectivity index (χ3v) is 2.98. The lowest BCUT2D eigenvalue weighted by molar-refractivity contribution is 0.102. The van der Waals surface area contributed by atoms with E-state index in [0.717, 1.165) is 5.56 Å². The normalized spacial score (nSPS) is 11.8. The summed E-state index contributed by atoms with van der Waals surface area (Å²) in [7, 11) is 1.53. The fourth-order valence-electron chi connectivity index (χ4n) is 1.91. The molecule has 0 spiro atoms. The predicted molar refractivity (Wildman–Crippen MR) is 78.0 cm³/mol. The minimum absolute atomic E-state index is 0.245. The predicted octanol–water partition coefficient (Wildman–Crippen LogP) is 3.00. The Morgan fingerprint density at radius 3 is 2.65 bits per heavy atom. The van der Waals surface area contributed by atoms with E-state index in [-0.39, 0.29) is 5.91 Å². The molecule has 2 N–H and O–H groups in total. The summed E-state index contributed by atoms with van der Waals surface area (Å²) in [5, 5.41) is 12.3. The lowest BCUT2D eigenvalue weighted by Gasteiger charge is -2.11. The Kier molecular flexibility index (Phi) is 4.38. The number of methoxy groups -OCH3 is 1. The van der Waals surface area contributed by atoms with Crippen molar-refractivity contribution in [3.63, 3.8) is 0 Å². The van der Waals surface area contributed by atoms with Gasteiger partial charge in [-0.3, -0.25) is 4.79 Å². The van der Waals surface area contributed by atoms with Crippen molar-refractivity contribution in [3.8, 4) is 5.75 Å². The van der Waals surface area contributed by atoms with Crippen LogP contribution in [0.4, 0.5) is 5.69 Å². The Hall–Kier alpha value is -2.33. The maximum absolute atomic E-state index is 12.2. The summed E-state index contributed by atoms with van der Waals surface area (Å²) in [4.78, 5) is 12.2. The van der Waals surface area contributed by atoms with Gasteiger partial charge in [-0.25, -0.2) is 0 Å². The SMILES string of the molecule is COc1ccccc1C(=O)Nc1cccc(C(C)O)c1. The summed E-state index contributed by atoms with van der Waals surface area (Å²) in [6.07, 6.45) is -0.571. The van der Waals surface area contributed by atoms with Crippen LogP contribution in [0.1, 0.15) is 28.9 Å². The van der Waals surface area contributed by atoms with E-state index in [4.69, 9.17) is 4.74 Å². The first-order valence-corrected chi connectivity index (χ1v) is 6.34. The molecule has 1 atom stereocenters. The molecule has 1 unspecified atom stereocenters. The van der Waals surface area contributed by atoms with Gasteiger partial charge in [-0.05, 0) is 36.8 Å². The third kappa shape index (κ3) is 3.16. The number of carbonyl (C=O) groups excluding carboxylic acids is 1. The second-order valence-electron chi connectivity index (χ2n) is 4.46. The number of anilines is 1. The topological polar surface area (TPSA) is 58.6 Å². The first-order chi connectivity index (χ1) is 9.61. The highest BCUT2D eigenvalue weighted by atomic mass is 16.5. The fourth-order valence-corrected chi connectivity index (χ4v) is 1.91. The van der Waals surface area contributed by atoms with Crippen LogP contribution in [0.15, 0.2) is 48.5 Å². The average molecular weight is 271 g/mol. The largest absolute Gasteiger partial charge is 0.496 e. The maximum Gasteiger partial charge on any atom is 0.259 e. The van der Waals surface area contributed by atoms with Crippen molar-refractivity contribution >= 4 is 11.6 Å². The molecule has 104 valence electrons. The van der Waals surface area contributed by atoms with Crippen molar-refractivity contribution in [2.45, 2.75) is 13.0 Å². The van der Waals surface area contributed by atoms with Gasteiger partial charge < -0.3 is 15.2 Å². The van der Waals surface area contributed by atoms with Gasteiger partial charge in [0.15, 0.2) is 0 Å². The summed E-state index contributed by atoms with van der Waals surface area (Å²) in [5.74, 6) is 0.280. The quantitative estimate of drug-likeness (QED) is 0.898. The number of nitrogens with one attached hydrogen (secondary N) is 1. The molecule has 0 aliphatic rings. The Balaban J connectivity index is 2.21. The number of rotatable bonds is 4. The van der Waals surface area contributed by atoms with Gasteiger partial charge in [-0.15, -0.1) is 0 Å². The Morgan fingerprint density at radius 2 is 1.95 bits per heavy atom. The van der Waals surface area contributed by atoms with Crippen LogP contribution < -0.4 is 10.1 Å². The highest BCUT2D eigenvalue weighted by Crippen LogP contribution is 2.21. The van der Waals surface area contributed by atoms with Crippen LogP contribution in [-0.2, 0) is 0 Å². The standard InChI is InChI=1S/C16H17NO3/c1-11(18)12-6-5-7-13(10-12)17-16(19)14-8-3-4-9-15(14)20-2/h3-11,18H,1-2H3,(H,17,19). The molecular formula is C16H17NO3. The molecule has 0 saturated carbocycles. The molecule has 0 fully saturated rings. The van der Waals surface area contributed by atoms with Gasteiger partial charge in [0.2, 0.25) is 0 Å². The number of para-hydroxylation sites is 1. The summed E-state index contributed by atoms with van der Waals surface area (Å²) in [6, 6.07) is 14.2. The van der Waals surface area contributed by atoms with E-state index >= 15 is 0 Å². The summed E-state index contributed by atoms with van der Waals surface area (Å²) < 4.78 is 5.17. The lowest BCUT2D eigenvalue weighted by Crippen LogP contribution is -2.13. The molecule has 2 rings (SSSR count). The van der Waals surface area contributed by atoms with Crippen LogP contribution in [0, 0.1) is 0 Å².